The van der Waals surface area contributed by atoms with Crippen molar-refractivity contribution in [2.45, 2.75) is 65.5 Å². The van der Waals surface area contributed by atoms with Crippen molar-refractivity contribution < 1.29 is 9.90 Å². The summed E-state index contributed by atoms with van der Waals surface area (Å²) in [5.41, 5.74) is 5.17. The molecular formula is C32H36BrN3O2. The number of rotatable bonds is 6. The number of ketones is 1. The van der Waals surface area contributed by atoms with Crippen LogP contribution in [0.4, 0.5) is 0 Å². The average Bonchev–Trinajstić information content (AvgIpc) is 3.20. The number of phenolic OH excluding ortho intramolecular Hbond substituents is 1. The molecule has 3 aromatic carbocycles. The number of halogens is 1. The van der Waals surface area contributed by atoms with E-state index >= 15 is 0 Å². The van der Waals surface area contributed by atoms with Crippen LogP contribution in [0.2, 0.25) is 0 Å². The van der Waals surface area contributed by atoms with Gasteiger partial charge in [-0.1, -0.05) is 102 Å². The Morgan fingerprint density at radius 3 is 1.89 bits per heavy atom. The number of phenols is 1. The maximum absolute atomic E-state index is 13.9. The van der Waals surface area contributed by atoms with E-state index in [1.807, 2.05) is 71.4 Å². The molecule has 6 heteroatoms. The summed E-state index contributed by atoms with van der Waals surface area (Å²) >= 11 is 3.33. The highest BCUT2D eigenvalue weighted by atomic mass is 79.9. The fraction of sp³-hybridized carbons (Fsp3) is 0.312. The molecule has 5 nitrogen and oxygen atoms in total. The summed E-state index contributed by atoms with van der Waals surface area (Å²) in [4.78, 5) is 13.9. The van der Waals surface area contributed by atoms with Crippen LogP contribution in [0.15, 0.2) is 83.0 Å². The van der Waals surface area contributed by atoms with Crippen LogP contribution >= 0.6 is 16.1 Å². The molecule has 0 fully saturated rings. The quantitative estimate of drug-likeness (QED) is 0.244. The van der Waals surface area contributed by atoms with Crippen LogP contribution in [0.1, 0.15) is 68.6 Å². The number of benzene rings is 3. The van der Waals surface area contributed by atoms with Gasteiger partial charge in [0.1, 0.15) is 5.75 Å². The first-order valence-electron chi connectivity index (χ1n) is 12.9. The summed E-state index contributed by atoms with van der Waals surface area (Å²) in [5, 5.41) is 11.1. The fourth-order valence-corrected chi connectivity index (χ4v) is 5.09. The lowest BCUT2D eigenvalue weighted by Crippen LogP contribution is -2.29. The second-order valence-electron chi connectivity index (χ2n) is 11.8. The molecule has 0 spiro atoms. The summed E-state index contributed by atoms with van der Waals surface area (Å²) in [6, 6.07) is 23.9. The average molecular weight is 575 g/mol. The molecule has 0 radical (unpaired) electrons. The highest BCUT2D eigenvalue weighted by Crippen LogP contribution is 2.40. The van der Waals surface area contributed by atoms with Crippen LogP contribution in [0.25, 0.3) is 11.3 Å². The van der Waals surface area contributed by atoms with Crippen molar-refractivity contribution in [3.63, 3.8) is 0 Å². The first-order valence-corrected chi connectivity index (χ1v) is 13.6. The molecule has 198 valence electrons. The largest absolute Gasteiger partial charge is 0.507 e. The van der Waals surface area contributed by atoms with E-state index in [1.54, 1.807) is 0 Å². The van der Waals surface area contributed by atoms with E-state index in [2.05, 4.69) is 78.4 Å². The van der Waals surface area contributed by atoms with E-state index in [4.69, 9.17) is 0 Å². The van der Waals surface area contributed by atoms with Crippen molar-refractivity contribution in [3.05, 3.63) is 107 Å². The number of hydrogen-bond donors (Lipinski definition) is 1. The maximum Gasteiger partial charge on any atom is 0.217 e. The van der Waals surface area contributed by atoms with Crippen molar-refractivity contribution in [2.75, 3.05) is 0 Å². The third kappa shape index (κ3) is 5.86. The minimum atomic E-state index is -0.321. The van der Waals surface area contributed by atoms with Crippen molar-refractivity contribution >= 4 is 21.9 Å². The van der Waals surface area contributed by atoms with Crippen molar-refractivity contribution in [1.82, 2.24) is 9.13 Å². The Bertz CT molecular complexity index is 1470. The van der Waals surface area contributed by atoms with E-state index in [9.17, 15) is 9.90 Å². The summed E-state index contributed by atoms with van der Waals surface area (Å²) in [7, 11) is 0. The van der Waals surface area contributed by atoms with Gasteiger partial charge in [-0.15, -0.1) is 0 Å². The SMILES string of the molecule is CC(C)(C)c1cc(C(=O)Cn2c(-c3ccccc3)cn(Cc3ccccc3)c2=NBr)cc(C(C)(C)C)c1O. The number of nitrogens with zero attached hydrogens (tertiary/aromatic N) is 3. The van der Waals surface area contributed by atoms with Crippen LogP contribution < -0.4 is 5.62 Å². The Balaban J connectivity index is 1.85. The van der Waals surface area contributed by atoms with Gasteiger partial charge in [0.05, 0.1) is 34.9 Å². The van der Waals surface area contributed by atoms with Crippen molar-refractivity contribution in [1.29, 1.82) is 0 Å². The van der Waals surface area contributed by atoms with Crippen LogP contribution in [-0.2, 0) is 23.9 Å². The Morgan fingerprint density at radius 1 is 0.868 bits per heavy atom. The van der Waals surface area contributed by atoms with Gasteiger partial charge in [-0.3, -0.25) is 4.79 Å². The number of aromatic nitrogens is 2. The summed E-state index contributed by atoms with van der Waals surface area (Å²) < 4.78 is 8.44. The van der Waals surface area contributed by atoms with E-state index in [0.29, 0.717) is 17.7 Å². The third-order valence-corrected chi connectivity index (χ3v) is 7.07. The monoisotopic (exact) mass is 573 g/mol. The maximum atomic E-state index is 13.9. The predicted octanol–water partition coefficient (Wildman–Crippen LogP) is 7.40. The lowest BCUT2D eigenvalue weighted by molar-refractivity contribution is 0.0970. The van der Waals surface area contributed by atoms with Crippen LogP contribution in [0.5, 0.6) is 5.75 Å². The van der Waals surface area contributed by atoms with Gasteiger partial charge < -0.3 is 14.2 Å². The van der Waals surface area contributed by atoms with Crippen LogP contribution in [-0.4, -0.2) is 20.0 Å². The molecule has 0 saturated heterocycles. The summed E-state index contributed by atoms with van der Waals surface area (Å²) in [5.74, 6) is 0.224. The molecule has 0 amide bonds. The molecule has 1 heterocycles. The smallest absolute Gasteiger partial charge is 0.217 e. The van der Waals surface area contributed by atoms with Crippen LogP contribution in [0, 0.1) is 0 Å². The third-order valence-electron chi connectivity index (χ3n) is 6.76. The zero-order valence-corrected chi connectivity index (χ0v) is 24.6. The highest BCUT2D eigenvalue weighted by molar-refractivity contribution is 9.08. The zero-order valence-electron chi connectivity index (χ0n) is 23.0. The normalized spacial score (nSPS) is 12.7. The Morgan fingerprint density at radius 2 is 1.39 bits per heavy atom. The molecule has 4 aromatic rings. The van der Waals surface area contributed by atoms with Gasteiger partial charge in [-0.2, -0.15) is 4.02 Å². The first-order chi connectivity index (χ1) is 17.9. The van der Waals surface area contributed by atoms with Crippen LogP contribution in [0.3, 0.4) is 0 Å². The molecule has 4 rings (SSSR count). The molecule has 38 heavy (non-hydrogen) atoms. The van der Waals surface area contributed by atoms with Gasteiger partial charge in [-0.05, 0) is 34.1 Å². The van der Waals surface area contributed by atoms with E-state index in [0.717, 1.165) is 27.9 Å². The number of aromatic hydroxyl groups is 1. The number of carbonyl (C=O) groups excluding carboxylic acids is 1. The lowest BCUT2D eigenvalue weighted by Gasteiger charge is -2.28. The van der Waals surface area contributed by atoms with Crippen molar-refractivity contribution in [3.8, 4) is 17.0 Å². The van der Waals surface area contributed by atoms with E-state index in [1.165, 1.54) is 0 Å². The van der Waals surface area contributed by atoms with Gasteiger partial charge in [0.2, 0.25) is 5.62 Å². The molecule has 1 aromatic heterocycles. The predicted molar refractivity (Wildman–Crippen MR) is 158 cm³/mol. The first kappa shape index (κ1) is 27.6. The number of hydrogen-bond acceptors (Lipinski definition) is 3. The van der Waals surface area contributed by atoms with Gasteiger partial charge in [0.15, 0.2) is 5.78 Å². The van der Waals surface area contributed by atoms with Gasteiger partial charge in [0, 0.05) is 22.9 Å². The lowest BCUT2D eigenvalue weighted by atomic mass is 9.78. The molecule has 0 saturated carbocycles. The minimum Gasteiger partial charge on any atom is -0.507 e. The standard InChI is InChI=1S/C32H36BrN3O2/c1-31(2,3)25-17-24(18-26(29(25)38)32(4,5)6)28(37)21-36-27(23-15-11-8-12-16-23)20-35(30(36)34-33)19-22-13-9-7-10-14-22/h7-18,20,38H,19,21H2,1-6H3. The van der Waals surface area contributed by atoms with Gasteiger partial charge in [0.25, 0.3) is 0 Å². The van der Waals surface area contributed by atoms with E-state index in [-0.39, 0.29) is 28.9 Å². The molecule has 0 unspecified atom stereocenters. The summed E-state index contributed by atoms with van der Waals surface area (Å²) in [6.07, 6.45) is 2.05. The van der Waals surface area contributed by atoms with Gasteiger partial charge in [-0.25, -0.2) is 0 Å². The highest BCUT2D eigenvalue weighted by Gasteiger charge is 2.28. The molecule has 0 bridgehead atoms. The number of Topliss-reactive ketones (excluding diaryl/α,β-unsaturated/α-hetero) is 1. The zero-order chi connectivity index (χ0) is 27.7. The van der Waals surface area contributed by atoms with Crippen molar-refractivity contribution in [2.24, 2.45) is 4.02 Å². The Hall–Kier alpha value is -3.38. The second kappa shape index (κ2) is 10.8. The molecule has 0 aliphatic carbocycles. The van der Waals surface area contributed by atoms with Gasteiger partial charge >= 0.3 is 0 Å². The fourth-order valence-electron chi connectivity index (χ4n) is 4.70. The summed E-state index contributed by atoms with van der Waals surface area (Å²) in [6.45, 7) is 13.0. The molecule has 0 aliphatic heterocycles. The molecule has 0 aliphatic rings. The topological polar surface area (TPSA) is 59.5 Å². The Labute approximate surface area is 233 Å². The second-order valence-corrected chi connectivity index (χ2v) is 12.2. The minimum absolute atomic E-state index is 0.0435. The molecule has 1 N–H and O–H groups in total. The number of carbonyl (C=O) groups is 1. The number of imidazole rings is 1. The van der Waals surface area contributed by atoms with E-state index < -0.39 is 0 Å². The molecule has 0 atom stereocenters. The molecular weight excluding hydrogens is 538 g/mol. The Kier molecular flexibility index (Phi) is 7.84.